The van der Waals surface area contributed by atoms with E-state index >= 15 is 0 Å². The van der Waals surface area contributed by atoms with E-state index in [9.17, 15) is 4.79 Å². The van der Waals surface area contributed by atoms with Crippen LogP contribution in [-0.2, 0) is 4.79 Å². The second kappa shape index (κ2) is 3.24. The Morgan fingerprint density at radius 3 is 2.36 bits per heavy atom. The van der Waals surface area contributed by atoms with Gasteiger partial charge in [-0.3, -0.25) is 4.79 Å². The van der Waals surface area contributed by atoms with Crippen LogP contribution in [0, 0.1) is 17.8 Å². The Morgan fingerprint density at radius 1 is 1.45 bits per heavy atom. The Balaban J connectivity index is 2.43. The van der Waals surface area contributed by atoms with Gasteiger partial charge in [0.1, 0.15) is 0 Å². The number of rotatable bonds is 2. The fourth-order valence-corrected chi connectivity index (χ4v) is 1.83. The largest absolute Gasteiger partial charge is 0.359 e. The normalized spacial score (nSPS) is 29.8. The molecule has 1 rings (SSSR count). The molecule has 1 N–H and O–H groups in total. The van der Waals surface area contributed by atoms with E-state index in [0.29, 0.717) is 17.8 Å². The summed E-state index contributed by atoms with van der Waals surface area (Å²) in [5, 5.41) is 2.71. The summed E-state index contributed by atoms with van der Waals surface area (Å²) in [6.07, 6.45) is 2.32. The molecule has 0 bridgehead atoms. The minimum absolute atomic E-state index is 0.231. The maximum atomic E-state index is 11.2. The Kier molecular flexibility index (Phi) is 2.53. The molecule has 0 unspecified atom stereocenters. The van der Waals surface area contributed by atoms with Crippen LogP contribution in [0.3, 0.4) is 0 Å². The summed E-state index contributed by atoms with van der Waals surface area (Å²) in [6, 6.07) is 0. The standard InChI is InChI=1S/C9H17NO/c1-6(2)7-4-5-8(7)9(11)10-3/h6-8H,4-5H2,1-3H3,(H,10,11)/t7-,8-/m0/s1. The first kappa shape index (κ1) is 8.57. The summed E-state index contributed by atoms with van der Waals surface area (Å²) in [7, 11) is 1.72. The first-order valence-corrected chi connectivity index (χ1v) is 4.38. The van der Waals surface area contributed by atoms with Crippen molar-refractivity contribution in [2.75, 3.05) is 7.05 Å². The molecule has 1 aliphatic rings. The number of hydrogen-bond donors (Lipinski definition) is 1. The third-order valence-electron chi connectivity index (χ3n) is 2.77. The van der Waals surface area contributed by atoms with Crippen molar-refractivity contribution < 1.29 is 4.79 Å². The smallest absolute Gasteiger partial charge is 0.223 e. The maximum absolute atomic E-state index is 11.2. The zero-order valence-electron chi connectivity index (χ0n) is 7.55. The van der Waals surface area contributed by atoms with Gasteiger partial charge in [-0.15, -0.1) is 0 Å². The second-order valence-electron chi connectivity index (χ2n) is 3.71. The molecule has 0 aliphatic heterocycles. The van der Waals surface area contributed by atoms with E-state index in [-0.39, 0.29) is 5.91 Å². The zero-order valence-corrected chi connectivity index (χ0v) is 7.55. The summed E-state index contributed by atoms with van der Waals surface area (Å²) in [6.45, 7) is 4.39. The van der Waals surface area contributed by atoms with Crippen LogP contribution >= 0.6 is 0 Å². The topological polar surface area (TPSA) is 29.1 Å². The molecule has 0 radical (unpaired) electrons. The van der Waals surface area contributed by atoms with Gasteiger partial charge in [0, 0.05) is 13.0 Å². The molecule has 0 aromatic carbocycles. The van der Waals surface area contributed by atoms with E-state index in [1.807, 2.05) is 0 Å². The van der Waals surface area contributed by atoms with Gasteiger partial charge in [-0.05, 0) is 24.7 Å². The molecule has 1 amide bonds. The third-order valence-corrected chi connectivity index (χ3v) is 2.77. The molecular formula is C9H17NO. The molecule has 1 fully saturated rings. The molecular weight excluding hydrogens is 138 g/mol. The van der Waals surface area contributed by atoms with Crippen molar-refractivity contribution in [1.29, 1.82) is 0 Å². The van der Waals surface area contributed by atoms with Crippen LogP contribution < -0.4 is 5.32 Å². The lowest BCUT2D eigenvalue weighted by atomic mass is 9.67. The molecule has 64 valence electrons. The van der Waals surface area contributed by atoms with Crippen LogP contribution in [0.2, 0.25) is 0 Å². The van der Waals surface area contributed by atoms with Gasteiger partial charge in [-0.1, -0.05) is 13.8 Å². The molecule has 0 spiro atoms. The Morgan fingerprint density at radius 2 is 2.09 bits per heavy atom. The molecule has 2 atom stereocenters. The Labute approximate surface area is 68.4 Å². The Hall–Kier alpha value is -0.530. The van der Waals surface area contributed by atoms with Crippen molar-refractivity contribution in [2.24, 2.45) is 17.8 Å². The maximum Gasteiger partial charge on any atom is 0.223 e. The van der Waals surface area contributed by atoms with Crippen molar-refractivity contribution in [3.05, 3.63) is 0 Å². The summed E-state index contributed by atoms with van der Waals surface area (Å²) >= 11 is 0. The van der Waals surface area contributed by atoms with Gasteiger partial charge in [0.15, 0.2) is 0 Å². The lowest BCUT2D eigenvalue weighted by Gasteiger charge is -2.37. The monoisotopic (exact) mass is 155 g/mol. The Bertz CT molecular complexity index is 154. The molecule has 0 aromatic heterocycles. The van der Waals surface area contributed by atoms with Crippen molar-refractivity contribution >= 4 is 5.91 Å². The minimum Gasteiger partial charge on any atom is -0.359 e. The fraction of sp³-hybridized carbons (Fsp3) is 0.889. The quantitative estimate of drug-likeness (QED) is 0.642. The van der Waals surface area contributed by atoms with E-state index < -0.39 is 0 Å². The van der Waals surface area contributed by atoms with E-state index in [0.717, 1.165) is 6.42 Å². The number of hydrogen-bond acceptors (Lipinski definition) is 1. The highest BCUT2D eigenvalue weighted by Crippen LogP contribution is 2.39. The number of carbonyl (C=O) groups is 1. The van der Waals surface area contributed by atoms with Crippen LogP contribution in [-0.4, -0.2) is 13.0 Å². The summed E-state index contributed by atoms with van der Waals surface area (Å²) < 4.78 is 0. The first-order chi connectivity index (χ1) is 5.16. The van der Waals surface area contributed by atoms with Crippen molar-refractivity contribution in [1.82, 2.24) is 5.32 Å². The van der Waals surface area contributed by atoms with Gasteiger partial charge in [0.2, 0.25) is 5.91 Å². The van der Waals surface area contributed by atoms with Gasteiger partial charge in [0.05, 0.1) is 0 Å². The predicted octanol–water partition coefficient (Wildman–Crippen LogP) is 1.41. The van der Waals surface area contributed by atoms with Crippen LogP contribution in [0.1, 0.15) is 26.7 Å². The second-order valence-corrected chi connectivity index (χ2v) is 3.71. The van der Waals surface area contributed by atoms with Crippen LogP contribution in [0.25, 0.3) is 0 Å². The summed E-state index contributed by atoms with van der Waals surface area (Å²) in [4.78, 5) is 11.2. The number of nitrogens with one attached hydrogen (secondary N) is 1. The molecule has 1 saturated carbocycles. The number of amides is 1. The van der Waals surface area contributed by atoms with Crippen molar-refractivity contribution in [2.45, 2.75) is 26.7 Å². The highest BCUT2D eigenvalue weighted by Gasteiger charge is 2.37. The van der Waals surface area contributed by atoms with Gasteiger partial charge < -0.3 is 5.32 Å². The van der Waals surface area contributed by atoms with E-state index in [2.05, 4.69) is 19.2 Å². The minimum atomic E-state index is 0.231. The first-order valence-electron chi connectivity index (χ1n) is 4.38. The van der Waals surface area contributed by atoms with Gasteiger partial charge in [-0.25, -0.2) is 0 Å². The average molecular weight is 155 g/mol. The molecule has 2 heteroatoms. The predicted molar refractivity (Wildman–Crippen MR) is 45.1 cm³/mol. The van der Waals surface area contributed by atoms with Crippen LogP contribution in [0.4, 0.5) is 0 Å². The molecule has 0 heterocycles. The lowest BCUT2D eigenvalue weighted by molar-refractivity contribution is -0.130. The zero-order chi connectivity index (χ0) is 8.43. The van der Waals surface area contributed by atoms with Crippen molar-refractivity contribution in [3.63, 3.8) is 0 Å². The van der Waals surface area contributed by atoms with Gasteiger partial charge in [0.25, 0.3) is 0 Å². The van der Waals surface area contributed by atoms with E-state index in [4.69, 9.17) is 0 Å². The molecule has 0 aromatic rings. The van der Waals surface area contributed by atoms with Gasteiger partial charge in [-0.2, -0.15) is 0 Å². The third kappa shape index (κ3) is 1.55. The average Bonchev–Trinajstić information content (AvgIpc) is 1.83. The SMILES string of the molecule is CNC(=O)[C@H]1CC[C@H]1C(C)C. The van der Waals surface area contributed by atoms with Crippen LogP contribution in [0.5, 0.6) is 0 Å². The highest BCUT2D eigenvalue weighted by molar-refractivity contribution is 5.79. The van der Waals surface area contributed by atoms with E-state index in [1.54, 1.807) is 7.05 Å². The molecule has 0 saturated heterocycles. The molecule has 2 nitrogen and oxygen atoms in total. The van der Waals surface area contributed by atoms with Gasteiger partial charge >= 0.3 is 0 Å². The highest BCUT2D eigenvalue weighted by atomic mass is 16.1. The van der Waals surface area contributed by atoms with Crippen molar-refractivity contribution in [3.8, 4) is 0 Å². The van der Waals surface area contributed by atoms with Crippen LogP contribution in [0.15, 0.2) is 0 Å². The fourth-order valence-electron chi connectivity index (χ4n) is 1.83. The molecule has 1 aliphatic carbocycles. The molecule has 11 heavy (non-hydrogen) atoms. The summed E-state index contributed by atoms with van der Waals surface area (Å²) in [5.74, 6) is 1.83. The summed E-state index contributed by atoms with van der Waals surface area (Å²) in [5.41, 5.74) is 0. The van der Waals surface area contributed by atoms with E-state index in [1.165, 1.54) is 6.42 Å². The number of carbonyl (C=O) groups excluding carboxylic acids is 1. The lowest BCUT2D eigenvalue weighted by Crippen LogP contribution is -2.41.